The zero-order valence-corrected chi connectivity index (χ0v) is 24.4. The number of carbonyl (C=O) groups excluding carboxylic acids is 1. The van der Waals surface area contributed by atoms with Gasteiger partial charge in [0, 0.05) is 29.3 Å². The highest BCUT2D eigenvalue weighted by atomic mass is 16.5. The smallest absolute Gasteiger partial charge is 0.345 e. The van der Waals surface area contributed by atoms with Crippen molar-refractivity contribution in [1.82, 2.24) is 5.01 Å². The highest BCUT2D eigenvalue weighted by Gasteiger charge is 2.36. The molecular formula is C33H28N2O9. The van der Waals surface area contributed by atoms with Crippen LogP contribution < -0.4 is 30.2 Å². The molecule has 11 heteroatoms. The number of hydrazone groups is 1. The van der Waals surface area contributed by atoms with Gasteiger partial charge in [-0.2, -0.15) is 5.10 Å². The zero-order chi connectivity index (χ0) is 31.0. The summed E-state index contributed by atoms with van der Waals surface area (Å²) < 4.78 is 33.2. The van der Waals surface area contributed by atoms with E-state index in [1.54, 1.807) is 48.5 Å². The molecule has 0 bridgehead atoms. The molecule has 0 saturated heterocycles. The van der Waals surface area contributed by atoms with Gasteiger partial charge in [0.15, 0.2) is 18.1 Å². The summed E-state index contributed by atoms with van der Waals surface area (Å²) in [4.78, 5) is 38.6. The van der Waals surface area contributed by atoms with Gasteiger partial charge in [-0.05, 0) is 54.4 Å². The number of nitrogens with zero attached hydrogens (tertiary/aromatic N) is 2. The largest absolute Gasteiger partial charge is 0.493 e. The van der Waals surface area contributed by atoms with Gasteiger partial charge in [0.2, 0.25) is 5.75 Å². The molecule has 1 aliphatic rings. The van der Waals surface area contributed by atoms with E-state index in [9.17, 15) is 14.4 Å². The summed E-state index contributed by atoms with van der Waals surface area (Å²) in [6.45, 7) is 1.43. The molecule has 0 saturated carbocycles. The minimum Gasteiger partial charge on any atom is -0.493 e. The molecule has 0 radical (unpaired) electrons. The maximum atomic E-state index is 13.7. The van der Waals surface area contributed by atoms with Crippen molar-refractivity contribution in [2.24, 2.45) is 5.10 Å². The van der Waals surface area contributed by atoms with Crippen molar-refractivity contribution < 1.29 is 32.6 Å². The maximum Gasteiger partial charge on any atom is 0.345 e. The standard InChI is InChI=1S/C33H28N2O9/c1-18-11-31(37)43-27-15-21(9-10-22(18)27)42-17-30(36)35-25(20-13-28(39-2)32(41-4)29(14-20)40-3)16-24(34-35)23-12-19-7-5-6-8-26(19)44-33(23)38/h5-15,25H,16-17H2,1-4H3. The average molecular weight is 597 g/mol. The molecule has 2 aromatic heterocycles. The number of amides is 1. The van der Waals surface area contributed by atoms with E-state index in [2.05, 4.69) is 5.10 Å². The van der Waals surface area contributed by atoms with E-state index in [-0.39, 0.29) is 18.6 Å². The second kappa shape index (κ2) is 11.6. The number of benzene rings is 3. The first-order chi connectivity index (χ1) is 21.3. The topological polar surface area (TPSA) is 130 Å². The van der Waals surface area contributed by atoms with Crippen LogP contribution in [-0.2, 0) is 4.79 Å². The predicted molar refractivity (Wildman–Crippen MR) is 162 cm³/mol. The first kappa shape index (κ1) is 28.5. The summed E-state index contributed by atoms with van der Waals surface area (Å²) in [5.74, 6) is 1.05. The molecule has 1 amide bonds. The molecule has 3 aromatic carbocycles. The number of carbonyl (C=O) groups is 1. The number of methoxy groups -OCH3 is 3. The lowest BCUT2D eigenvalue weighted by atomic mass is 9.97. The number of ether oxygens (including phenoxy) is 4. The van der Waals surface area contributed by atoms with Crippen LogP contribution in [0.2, 0.25) is 0 Å². The van der Waals surface area contributed by atoms with Crippen molar-refractivity contribution in [2.45, 2.75) is 19.4 Å². The number of rotatable bonds is 8. The van der Waals surface area contributed by atoms with Gasteiger partial charge in [0.05, 0.1) is 38.6 Å². The van der Waals surface area contributed by atoms with Crippen molar-refractivity contribution in [3.63, 3.8) is 0 Å². The lowest BCUT2D eigenvalue weighted by Crippen LogP contribution is -2.31. The molecule has 1 atom stereocenters. The fourth-order valence-electron chi connectivity index (χ4n) is 5.33. The van der Waals surface area contributed by atoms with E-state index >= 15 is 0 Å². The lowest BCUT2D eigenvalue weighted by molar-refractivity contribution is -0.135. The number of fused-ring (bicyclic) bond motifs is 2. The highest BCUT2D eigenvalue weighted by molar-refractivity contribution is 6.04. The molecule has 0 fully saturated rings. The summed E-state index contributed by atoms with van der Waals surface area (Å²) in [6.07, 6.45) is 0.202. The van der Waals surface area contributed by atoms with Gasteiger partial charge in [-0.25, -0.2) is 14.6 Å². The number of hydrogen-bond acceptors (Lipinski definition) is 10. The summed E-state index contributed by atoms with van der Waals surface area (Å²) in [7, 11) is 4.51. The Morgan fingerprint density at radius 3 is 2.39 bits per heavy atom. The van der Waals surface area contributed by atoms with E-state index in [4.69, 9.17) is 27.8 Å². The second-order valence-corrected chi connectivity index (χ2v) is 10.1. The van der Waals surface area contributed by atoms with E-state index in [1.165, 1.54) is 32.4 Å². The fraction of sp³-hybridized carbons (Fsp3) is 0.212. The van der Waals surface area contributed by atoms with Crippen LogP contribution in [0.15, 0.2) is 90.3 Å². The highest BCUT2D eigenvalue weighted by Crippen LogP contribution is 2.43. The van der Waals surface area contributed by atoms with Gasteiger partial charge in [0.1, 0.15) is 16.9 Å². The van der Waals surface area contributed by atoms with Gasteiger partial charge >= 0.3 is 11.3 Å². The second-order valence-electron chi connectivity index (χ2n) is 10.1. The van der Waals surface area contributed by atoms with E-state index in [1.807, 2.05) is 19.1 Å². The first-order valence-corrected chi connectivity index (χ1v) is 13.7. The molecule has 0 aliphatic carbocycles. The molecule has 3 heterocycles. The fourth-order valence-corrected chi connectivity index (χ4v) is 5.33. The van der Waals surface area contributed by atoms with Gasteiger partial charge in [-0.3, -0.25) is 4.79 Å². The van der Waals surface area contributed by atoms with E-state index in [0.717, 1.165) is 16.3 Å². The summed E-state index contributed by atoms with van der Waals surface area (Å²) in [5.41, 5.74) is 1.78. The van der Waals surface area contributed by atoms with E-state index in [0.29, 0.717) is 45.4 Å². The minimum absolute atomic E-state index is 0.202. The minimum atomic E-state index is -0.641. The zero-order valence-electron chi connectivity index (χ0n) is 24.4. The number of aryl methyl sites for hydroxylation is 1. The maximum absolute atomic E-state index is 13.7. The quantitative estimate of drug-likeness (QED) is 0.227. The molecule has 11 nitrogen and oxygen atoms in total. The molecule has 0 N–H and O–H groups in total. The summed E-state index contributed by atoms with van der Waals surface area (Å²) in [5, 5.41) is 7.38. The first-order valence-electron chi connectivity index (χ1n) is 13.7. The third-order valence-electron chi connectivity index (χ3n) is 7.48. The molecule has 5 aromatic rings. The third-order valence-corrected chi connectivity index (χ3v) is 7.48. The van der Waals surface area contributed by atoms with E-state index < -0.39 is 23.2 Å². The van der Waals surface area contributed by atoms with Crippen molar-refractivity contribution in [2.75, 3.05) is 27.9 Å². The molecule has 44 heavy (non-hydrogen) atoms. The number of para-hydroxylation sites is 1. The van der Waals surface area contributed by atoms with Crippen LogP contribution in [0.1, 0.15) is 29.2 Å². The van der Waals surface area contributed by atoms with Crippen molar-refractivity contribution in [3.05, 3.63) is 104 Å². The van der Waals surface area contributed by atoms with Gasteiger partial charge < -0.3 is 27.8 Å². The molecule has 1 aliphatic heterocycles. The summed E-state index contributed by atoms with van der Waals surface area (Å²) in [6, 6.07) is 18.1. The monoisotopic (exact) mass is 596 g/mol. The van der Waals surface area contributed by atoms with Crippen molar-refractivity contribution in [1.29, 1.82) is 0 Å². The Kier molecular flexibility index (Phi) is 7.52. The van der Waals surface area contributed by atoms with Crippen molar-refractivity contribution >= 4 is 33.6 Å². The Morgan fingerprint density at radius 2 is 1.66 bits per heavy atom. The summed E-state index contributed by atoms with van der Waals surface area (Å²) >= 11 is 0. The Morgan fingerprint density at radius 1 is 0.909 bits per heavy atom. The Hall–Kier alpha value is -5.58. The molecule has 224 valence electrons. The van der Waals surface area contributed by atoms with Crippen LogP contribution >= 0.6 is 0 Å². The van der Waals surface area contributed by atoms with Gasteiger partial charge in [0.25, 0.3) is 5.91 Å². The Bertz CT molecular complexity index is 2040. The van der Waals surface area contributed by atoms with Crippen molar-refractivity contribution in [3.8, 4) is 23.0 Å². The number of hydrogen-bond donors (Lipinski definition) is 0. The Balaban J connectivity index is 1.37. The van der Waals surface area contributed by atoms with Crippen LogP contribution in [0.25, 0.3) is 21.9 Å². The van der Waals surface area contributed by atoms with Crippen LogP contribution in [0.5, 0.6) is 23.0 Å². The van der Waals surface area contributed by atoms with Gasteiger partial charge in [-0.15, -0.1) is 0 Å². The van der Waals surface area contributed by atoms with Crippen LogP contribution in [0.3, 0.4) is 0 Å². The average Bonchev–Trinajstić information content (AvgIpc) is 3.47. The van der Waals surface area contributed by atoms with Crippen LogP contribution in [-0.4, -0.2) is 44.6 Å². The third kappa shape index (κ3) is 5.24. The molecular weight excluding hydrogens is 568 g/mol. The molecule has 0 spiro atoms. The molecule has 1 unspecified atom stereocenters. The van der Waals surface area contributed by atoms with Gasteiger partial charge in [-0.1, -0.05) is 18.2 Å². The Labute approximate surface area is 250 Å². The lowest BCUT2D eigenvalue weighted by Gasteiger charge is -2.24. The van der Waals surface area contributed by atoms with Crippen LogP contribution in [0.4, 0.5) is 0 Å². The normalized spacial score (nSPS) is 14.5. The molecule has 6 rings (SSSR count). The van der Waals surface area contributed by atoms with Crippen LogP contribution in [0, 0.1) is 6.92 Å². The predicted octanol–water partition coefficient (Wildman–Crippen LogP) is 4.99. The SMILES string of the molecule is COc1cc(C2CC(c3cc4ccccc4oc3=O)=NN2C(=O)COc2ccc3c(C)cc(=O)oc3c2)cc(OC)c1OC.